The van der Waals surface area contributed by atoms with E-state index >= 15 is 0 Å². The second kappa shape index (κ2) is 8.90. The fourth-order valence-corrected chi connectivity index (χ4v) is 2.39. The molecule has 1 atom stereocenters. The molecule has 0 bridgehead atoms. The van der Waals surface area contributed by atoms with Crippen LogP contribution in [0.4, 0.5) is 0 Å². The lowest BCUT2D eigenvalue weighted by Crippen LogP contribution is -2.40. The number of nitrogens with zero attached hydrogens (tertiary/aromatic N) is 1. The van der Waals surface area contributed by atoms with Gasteiger partial charge in [-0.3, -0.25) is 0 Å². The van der Waals surface area contributed by atoms with Crippen LogP contribution in [0.15, 0.2) is 0 Å². The van der Waals surface area contributed by atoms with Crippen molar-refractivity contribution in [3.05, 3.63) is 0 Å². The van der Waals surface area contributed by atoms with E-state index in [4.69, 9.17) is 4.74 Å². The van der Waals surface area contributed by atoms with Gasteiger partial charge in [0.1, 0.15) is 0 Å². The summed E-state index contributed by atoms with van der Waals surface area (Å²) in [5.74, 6) is 0.907. The Kier molecular flexibility index (Phi) is 7.82. The number of ether oxygens (including phenoxy) is 1. The van der Waals surface area contributed by atoms with Crippen molar-refractivity contribution in [1.29, 1.82) is 0 Å². The van der Waals surface area contributed by atoms with Crippen molar-refractivity contribution in [2.75, 3.05) is 32.8 Å². The molecular formula is C14H29NO2. The van der Waals surface area contributed by atoms with Crippen molar-refractivity contribution in [2.24, 2.45) is 5.92 Å². The van der Waals surface area contributed by atoms with Crippen molar-refractivity contribution in [3.8, 4) is 0 Å². The summed E-state index contributed by atoms with van der Waals surface area (Å²) >= 11 is 0. The van der Waals surface area contributed by atoms with E-state index in [2.05, 4.69) is 18.7 Å². The number of piperidine rings is 1. The zero-order chi connectivity index (χ0) is 12.5. The van der Waals surface area contributed by atoms with Crippen molar-refractivity contribution in [2.45, 2.75) is 52.1 Å². The van der Waals surface area contributed by atoms with E-state index in [-0.39, 0.29) is 6.10 Å². The molecule has 3 heteroatoms. The molecule has 1 rings (SSSR count). The Hall–Kier alpha value is -0.120. The third-order valence-corrected chi connectivity index (χ3v) is 3.71. The maximum Gasteiger partial charge on any atom is 0.0900 e. The Morgan fingerprint density at radius 1 is 1.29 bits per heavy atom. The SMILES string of the molecule is CCCCOCC(O)CN1CCC(CC)CC1. The Morgan fingerprint density at radius 2 is 2.00 bits per heavy atom. The highest BCUT2D eigenvalue weighted by Crippen LogP contribution is 2.19. The number of hydrogen-bond donors (Lipinski definition) is 1. The van der Waals surface area contributed by atoms with Crippen molar-refractivity contribution in [3.63, 3.8) is 0 Å². The van der Waals surface area contributed by atoms with Gasteiger partial charge in [-0.05, 0) is 38.3 Å². The molecule has 102 valence electrons. The average Bonchev–Trinajstić information content (AvgIpc) is 2.36. The fraction of sp³-hybridized carbons (Fsp3) is 1.00. The molecule has 0 saturated carbocycles. The van der Waals surface area contributed by atoms with Gasteiger partial charge in [-0.15, -0.1) is 0 Å². The quantitative estimate of drug-likeness (QED) is 0.664. The van der Waals surface area contributed by atoms with Crippen molar-refractivity contribution >= 4 is 0 Å². The first-order valence-electron chi connectivity index (χ1n) is 7.24. The van der Waals surface area contributed by atoms with E-state index < -0.39 is 0 Å². The molecule has 17 heavy (non-hydrogen) atoms. The number of rotatable bonds is 8. The van der Waals surface area contributed by atoms with Crippen LogP contribution in [0, 0.1) is 5.92 Å². The van der Waals surface area contributed by atoms with Gasteiger partial charge in [0, 0.05) is 13.2 Å². The predicted octanol–water partition coefficient (Wildman–Crippen LogP) is 2.29. The van der Waals surface area contributed by atoms with Crippen LogP contribution in [0.2, 0.25) is 0 Å². The summed E-state index contributed by atoms with van der Waals surface area (Å²) in [5, 5.41) is 9.86. The van der Waals surface area contributed by atoms with E-state index in [0.717, 1.165) is 45.0 Å². The third-order valence-electron chi connectivity index (χ3n) is 3.71. The highest BCUT2D eigenvalue weighted by Gasteiger charge is 2.19. The average molecular weight is 243 g/mol. The summed E-state index contributed by atoms with van der Waals surface area (Å²) in [6.45, 7) is 8.77. The molecule has 1 N–H and O–H groups in total. The molecule has 0 aromatic rings. The Morgan fingerprint density at radius 3 is 2.59 bits per heavy atom. The minimum absolute atomic E-state index is 0.315. The molecule has 0 aromatic heterocycles. The van der Waals surface area contributed by atoms with Crippen LogP contribution in [0.5, 0.6) is 0 Å². The third kappa shape index (κ3) is 6.39. The van der Waals surface area contributed by atoms with Gasteiger partial charge in [0.05, 0.1) is 12.7 Å². The van der Waals surface area contributed by atoms with Gasteiger partial charge in [-0.2, -0.15) is 0 Å². The summed E-state index contributed by atoms with van der Waals surface area (Å²) in [6.07, 6.45) is 5.82. The molecular weight excluding hydrogens is 214 g/mol. The highest BCUT2D eigenvalue weighted by molar-refractivity contribution is 4.73. The van der Waals surface area contributed by atoms with E-state index in [1.54, 1.807) is 0 Å². The molecule has 0 radical (unpaired) electrons. The number of aliphatic hydroxyl groups is 1. The molecule has 0 amide bonds. The summed E-state index contributed by atoms with van der Waals surface area (Å²) in [4.78, 5) is 2.38. The molecule has 1 aliphatic rings. The lowest BCUT2D eigenvalue weighted by atomic mass is 9.94. The van der Waals surface area contributed by atoms with Gasteiger partial charge < -0.3 is 14.7 Å². The molecule has 0 spiro atoms. The summed E-state index contributed by atoms with van der Waals surface area (Å²) in [7, 11) is 0. The molecule has 1 heterocycles. The maximum absolute atomic E-state index is 9.86. The molecule has 1 saturated heterocycles. The number of unbranched alkanes of at least 4 members (excludes halogenated alkanes) is 1. The molecule has 1 aliphatic heterocycles. The van der Waals surface area contributed by atoms with Gasteiger partial charge in [-0.25, -0.2) is 0 Å². The zero-order valence-corrected chi connectivity index (χ0v) is 11.5. The zero-order valence-electron chi connectivity index (χ0n) is 11.5. The number of aliphatic hydroxyl groups excluding tert-OH is 1. The highest BCUT2D eigenvalue weighted by atomic mass is 16.5. The number of β-amino-alcohol motifs (C(OH)–C–C–N with tert-alkyl or cyclic N) is 1. The van der Waals surface area contributed by atoms with Gasteiger partial charge in [0.15, 0.2) is 0 Å². The Balaban J connectivity index is 2.04. The monoisotopic (exact) mass is 243 g/mol. The standard InChI is InChI=1S/C14H29NO2/c1-3-5-10-17-12-14(16)11-15-8-6-13(4-2)7-9-15/h13-14,16H,3-12H2,1-2H3. The first kappa shape index (κ1) is 14.9. The lowest BCUT2D eigenvalue weighted by molar-refractivity contribution is 0.00982. The minimum Gasteiger partial charge on any atom is -0.389 e. The normalized spacial score (nSPS) is 20.6. The van der Waals surface area contributed by atoms with Gasteiger partial charge in [0.25, 0.3) is 0 Å². The molecule has 1 unspecified atom stereocenters. The van der Waals surface area contributed by atoms with Gasteiger partial charge in [0.2, 0.25) is 0 Å². The second-order valence-electron chi connectivity index (χ2n) is 5.23. The van der Waals surface area contributed by atoms with Crippen molar-refractivity contribution in [1.82, 2.24) is 4.90 Å². The first-order valence-corrected chi connectivity index (χ1v) is 7.24. The largest absolute Gasteiger partial charge is 0.389 e. The van der Waals surface area contributed by atoms with E-state index in [0.29, 0.717) is 6.61 Å². The fourth-order valence-electron chi connectivity index (χ4n) is 2.39. The van der Waals surface area contributed by atoms with Crippen LogP contribution in [0.1, 0.15) is 46.0 Å². The van der Waals surface area contributed by atoms with Gasteiger partial charge in [-0.1, -0.05) is 26.7 Å². The van der Waals surface area contributed by atoms with E-state index in [1.165, 1.54) is 19.3 Å². The lowest BCUT2D eigenvalue weighted by Gasteiger charge is -2.32. The van der Waals surface area contributed by atoms with E-state index in [1.807, 2.05) is 0 Å². The summed E-state index contributed by atoms with van der Waals surface area (Å²) in [5.41, 5.74) is 0. The van der Waals surface area contributed by atoms with Gasteiger partial charge >= 0.3 is 0 Å². The number of likely N-dealkylation sites (tertiary alicyclic amines) is 1. The van der Waals surface area contributed by atoms with Crippen LogP contribution in [0.3, 0.4) is 0 Å². The first-order chi connectivity index (χ1) is 8.26. The summed E-state index contributed by atoms with van der Waals surface area (Å²) < 4.78 is 5.44. The predicted molar refractivity (Wildman–Crippen MR) is 71.2 cm³/mol. The molecule has 3 nitrogen and oxygen atoms in total. The van der Waals surface area contributed by atoms with Crippen molar-refractivity contribution < 1.29 is 9.84 Å². The Labute approximate surface area is 106 Å². The topological polar surface area (TPSA) is 32.7 Å². The maximum atomic E-state index is 9.86. The van der Waals surface area contributed by atoms with E-state index in [9.17, 15) is 5.11 Å². The van der Waals surface area contributed by atoms with Crippen LogP contribution < -0.4 is 0 Å². The summed E-state index contributed by atoms with van der Waals surface area (Å²) in [6, 6.07) is 0. The molecule has 0 aromatic carbocycles. The minimum atomic E-state index is -0.315. The smallest absolute Gasteiger partial charge is 0.0900 e. The molecule has 1 fully saturated rings. The second-order valence-corrected chi connectivity index (χ2v) is 5.23. The Bertz CT molecular complexity index is 179. The van der Waals surface area contributed by atoms with Crippen LogP contribution >= 0.6 is 0 Å². The van der Waals surface area contributed by atoms with Crippen LogP contribution in [-0.4, -0.2) is 49.0 Å². The number of hydrogen-bond acceptors (Lipinski definition) is 3. The molecule has 0 aliphatic carbocycles. The van der Waals surface area contributed by atoms with Crippen LogP contribution in [-0.2, 0) is 4.74 Å². The van der Waals surface area contributed by atoms with Crippen LogP contribution in [0.25, 0.3) is 0 Å².